The number of nitrogens with zero attached hydrogens (tertiary/aromatic N) is 1. The van der Waals surface area contributed by atoms with E-state index in [2.05, 4.69) is 5.32 Å². The van der Waals surface area contributed by atoms with Crippen LogP contribution < -0.4 is 5.32 Å². The van der Waals surface area contributed by atoms with Gasteiger partial charge >= 0.3 is 0 Å². The smallest absolute Gasteiger partial charge is 0.224 e. The van der Waals surface area contributed by atoms with Crippen molar-refractivity contribution in [2.24, 2.45) is 0 Å². The summed E-state index contributed by atoms with van der Waals surface area (Å²) in [7, 11) is 0. The normalized spacial score (nSPS) is 26.7. The Balaban J connectivity index is 1.68. The Morgan fingerprint density at radius 1 is 1.53 bits per heavy atom. The quantitative estimate of drug-likeness (QED) is 0.732. The fourth-order valence-electron chi connectivity index (χ4n) is 1.91. The molecule has 1 unspecified atom stereocenters. The average Bonchev–Trinajstić information content (AvgIpc) is 3.02. The van der Waals surface area contributed by atoms with Crippen LogP contribution in [0.3, 0.4) is 0 Å². The van der Waals surface area contributed by atoms with Crippen LogP contribution in [0.2, 0.25) is 0 Å². The van der Waals surface area contributed by atoms with E-state index in [-0.39, 0.29) is 11.9 Å². The molecular formula is C11H20N2O2. The molecule has 2 fully saturated rings. The Labute approximate surface area is 91.0 Å². The average molecular weight is 212 g/mol. The molecule has 4 nitrogen and oxygen atoms in total. The third-order valence-corrected chi connectivity index (χ3v) is 3.04. The van der Waals surface area contributed by atoms with Gasteiger partial charge in [-0.2, -0.15) is 0 Å². The molecule has 0 bridgehead atoms. The highest BCUT2D eigenvalue weighted by atomic mass is 16.5. The number of hydrogen-bond acceptors (Lipinski definition) is 3. The molecule has 2 aliphatic rings. The Kier molecular flexibility index (Phi) is 3.59. The molecule has 0 aromatic carbocycles. The molecule has 0 aromatic heterocycles. The number of nitrogens with one attached hydrogen (secondary N) is 1. The first-order chi connectivity index (χ1) is 7.27. The fraction of sp³-hybridized carbons (Fsp3) is 0.909. The van der Waals surface area contributed by atoms with Crippen LogP contribution in [-0.2, 0) is 9.53 Å². The number of rotatable bonds is 4. The van der Waals surface area contributed by atoms with Crippen molar-refractivity contribution in [1.82, 2.24) is 10.2 Å². The molecule has 1 heterocycles. The van der Waals surface area contributed by atoms with Gasteiger partial charge < -0.3 is 15.0 Å². The Hall–Kier alpha value is -0.610. The van der Waals surface area contributed by atoms with Gasteiger partial charge in [-0.3, -0.25) is 4.79 Å². The van der Waals surface area contributed by atoms with Gasteiger partial charge in [-0.05, 0) is 19.8 Å². The van der Waals surface area contributed by atoms with Crippen molar-refractivity contribution in [2.45, 2.75) is 38.3 Å². The minimum absolute atomic E-state index is 0.243. The van der Waals surface area contributed by atoms with Crippen LogP contribution >= 0.6 is 0 Å². The SMILES string of the molecule is CC1COCCN1C(=O)CCNC1CC1. The molecule has 0 radical (unpaired) electrons. The molecule has 2 rings (SSSR count). The van der Waals surface area contributed by atoms with E-state index in [4.69, 9.17) is 4.74 Å². The maximum atomic E-state index is 11.8. The van der Waals surface area contributed by atoms with Gasteiger partial charge in [0.05, 0.1) is 19.3 Å². The van der Waals surface area contributed by atoms with Crippen molar-refractivity contribution in [3.8, 4) is 0 Å². The van der Waals surface area contributed by atoms with E-state index < -0.39 is 0 Å². The maximum Gasteiger partial charge on any atom is 0.224 e. The van der Waals surface area contributed by atoms with Gasteiger partial charge in [0, 0.05) is 25.6 Å². The molecule has 1 saturated heterocycles. The molecule has 0 spiro atoms. The van der Waals surface area contributed by atoms with Crippen LogP contribution in [0.5, 0.6) is 0 Å². The van der Waals surface area contributed by atoms with E-state index in [9.17, 15) is 4.79 Å². The monoisotopic (exact) mass is 212 g/mol. The molecule has 1 aliphatic heterocycles. The number of hydrogen-bond donors (Lipinski definition) is 1. The largest absolute Gasteiger partial charge is 0.377 e. The minimum Gasteiger partial charge on any atom is -0.377 e. The van der Waals surface area contributed by atoms with Crippen molar-refractivity contribution in [3.05, 3.63) is 0 Å². The second-order valence-electron chi connectivity index (χ2n) is 4.49. The number of amides is 1. The van der Waals surface area contributed by atoms with Gasteiger partial charge in [-0.15, -0.1) is 0 Å². The molecule has 1 N–H and O–H groups in total. The lowest BCUT2D eigenvalue weighted by molar-refractivity contribution is -0.138. The summed E-state index contributed by atoms with van der Waals surface area (Å²) in [6, 6.07) is 0.937. The molecule has 86 valence electrons. The van der Waals surface area contributed by atoms with E-state index in [1.54, 1.807) is 0 Å². The van der Waals surface area contributed by atoms with Crippen molar-refractivity contribution >= 4 is 5.91 Å². The third-order valence-electron chi connectivity index (χ3n) is 3.04. The number of carbonyl (C=O) groups excluding carboxylic acids is 1. The van der Waals surface area contributed by atoms with Gasteiger partial charge in [-0.1, -0.05) is 0 Å². The van der Waals surface area contributed by atoms with Crippen LogP contribution in [-0.4, -0.2) is 49.2 Å². The summed E-state index contributed by atoms with van der Waals surface area (Å²) in [4.78, 5) is 13.8. The lowest BCUT2D eigenvalue weighted by Crippen LogP contribution is -2.47. The molecule has 0 aromatic rings. The topological polar surface area (TPSA) is 41.6 Å². The van der Waals surface area contributed by atoms with Crippen LogP contribution in [0, 0.1) is 0 Å². The minimum atomic E-state index is 0.243. The summed E-state index contributed by atoms with van der Waals surface area (Å²) < 4.78 is 5.31. The Morgan fingerprint density at radius 2 is 2.33 bits per heavy atom. The van der Waals surface area contributed by atoms with Gasteiger partial charge in [0.25, 0.3) is 0 Å². The van der Waals surface area contributed by atoms with E-state index >= 15 is 0 Å². The van der Waals surface area contributed by atoms with Gasteiger partial charge in [0.2, 0.25) is 5.91 Å². The van der Waals surface area contributed by atoms with E-state index in [0.717, 1.165) is 13.1 Å². The predicted molar refractivity (Wildman–Crippen MR) is 57.6 cm³/mol. The molecule has 1 atom stereocenters. The van der Waals surface area contributed by atoms with Crippen LogP contribution in [0.4, 0.5) is 0 Å². The molecule has 1 amide bonds. The molecule has 15 heavy (non-hydrogen) atoms. The second-order valence-corrected chi connectivity index (χ2v) is 4.49. The summed E-state index contributed by atoms with van der Waals surface area (Å²) in [5.74, 6) is 0.263. The lowest BCUT2D eigenvalue weighted by Gasteiger charge is -2.33. The summed E-state index contributed by atoms with van der Waals surface area (Å²) >= 11 is 0. The van der Waals surface area contributed by atoms with E-state index in [0.29, 0.717) is 25.7 Å². The third kappa shape index (κ3) is 3.18. The number of ether oxygens (including phenoxy) is 1. The first-order valence-corrected chi connectivity index (χ1v) is 5.88. The number of carbonyl (C=O) groups is 1. The first-order valence-electron chi connectivity index (χ1n) is 5.88. The van der Waals surface area contributed by atoms with Gasteiger partial charge in [-0.25, -0.2) is 0 Å². The highest BCUT2D eigenvalue weighted by Gasteiger charge is 2.24. The van der Waals surface area contributed by atoms with Crippen molar-refractivity contribution < 1.29 is 9.53 Å². The van der Waals surface area contributed by atoms with Crippen LogP contribution in [0.1, 0.15) is 26.2 Å². The zero-order valence-electron chi connectivity index (χ0n) is 9.37. The van der Waals surface area contributed by atoms with E-state index in [1.807, 2.05) is 11.8 Å². The van der Waals surface area contributed by atoms with Gasteiger partial charge in [0.1, 0.15) is 0 Å². The summed E-state index contributed by atoms with van der Waals surface area (Å²) in [6.45, 7) is 5.00. The summed E-state index contributed by atoms with van der Waals surface area (Å²) in [5.41, 5.74) is 0. The van der Waals surface area contributed by atoms with Gasteiger partial charge in [0.15, 0.2) is 0 Å². The Morgan fingerprint density at radius 3 is 3.00 bits per heavy atom. The fourth-order valence-corrected chi connectivity index (χ4v) is 1.91. The highest BCUT2D eigenvalue weighted by Crippen LogP contribution is 2.18. The lowest BCUT2D eigenvalue weighted by atomic mass is 10.2. The zero-order valence-corrected chi connectivity index (χ0v) is 9.37. The molecular weight excluding hydrogens is 192 g/mol. The van der Waals surface area contributed by atoms with Crippen molar-refractivity contribution in [3.63, 3.8) is 0 Å². The maximum absolute atomic E-state index is 11.8. The zero-order chi connectivity index (χ0) is 10.7. The van der Waals surface area contributed by atoms with Crippen molar-refractivity contribution in [2.75, 3.05) is 26.3 Å². The Bertz CT molecular complexity index is 229. The molecule has 4 heteroatoms. The second kappa shape index (κ2) is 4.94. The predicted octanol–water partition coefficient (Wildman–Crippen LogP) is 0.376. The van der Waals surface area contributed by atoms with E-state index in [1.165, 1.54) is 12.8 Å². The van der Waals surface area contributed by atoms with Crippen LogP contribution in [0.25, 0.3) is 0 Å². The molecule has 1 saturated carbocycles. The molecule has 1 aliphatic carbocycles. The first kappa shape index (κ1) is 10.9. The van der Waals surface area contributed by atoms with Crippen molar-refractivity contribution in [1.29, 1.82) is 0 Å². The highest BCUT2D eigenvalue weighted by molar-refractivity contribution is 5.76. The number of morpholine rings is 1. The standard InChI is InChI=1S/C11H20N2O2/c1-9-8-15-7-6-13(9)11(14)4-5-12-10-2-3-10/h9-10,12H,2-8H2,1H3. The van der Waals surface area contributed by atoms with Crippen LogP contribution in [0.15, 0.2) is 0 Å². The summed E-state index contributed by atoms with van der Waals surface area (Å²) in [5, 5.41) is 3.36. The summed E-state index contributed by atoms with van der Waals surface area (Å²) in [6.07, 6.45) is 3.19.